The molecule has 0 aliphatic heterocycles. The molecule has 1 amide bonds. The first-order valence-electron chi connectivity index (χ1n) is 11.6. The van der Waals surface area contributed by atoms with Gasteiger partial charge in [-0.05, 0) is 56.7 Å². The maximum atomic E-state index is 14.2. The average Bonchev–Trinajstić information content (AvgIpc) is 3.51. The topological polar surface area (TPSA) is 63.9 Å². The Bertz CT molecular complexity index is 1430. The zero-order valence-electron chi connectivity index (χ0n) is 20.2. The molecular formula is C28H27N5OS. The molecule has 5 rings (SSSR count). The van der Waals surface area contributed by atoms with Gasteiger partial charge in [-0.2, -0.15) is 5.10 Å². The van der Waals surface area contributed by atoms with E-state index in [-0.39, 0.29) is 18.0 Å². The predicted octanol–water partition coefficient (Wildman–Crippen LogP) is 6.31. The van der Waals surface area contributed by atoms with Crippen LogP contribution in [-0.4, -0.2) is 37.6 Å². The molecule has 0 saturated carbocycles. The minimum atomic E-state index is -0.333. The number of rotatable bonds is 6. The molecule has 176 valence electrons. The molecule has 35 heavy (non-hydrogen) atoms. The van der Waals surface area contributed by atoms with Crippen molar-refractivity contribution in [1.29, 1.82) is 0 Å². The molecule has 1 unspecified atom stereocenters. The van der Waals surface area contributed by atoms with Crippen LogP contribution in [0.2, 0.25) is 0 Å². The summed E-state index contributed by atoms with van der Waals surface area (Å²) in [4.78, 5) is 27.7. The van der Waals surface area contributed by atoms with Gasteiger partial charge < -0.3 is 4.90 Å². The summed E-state index contributed by atoms with van der Waals surface area (Å²) in [5.41, 5.74) is 3.90. The molecule has 5 aromatic rings. The van der Waals surface area contributed by atoms with Gasteiger partial charge in [-0.15, -0.1) is 11.3 Å². The SMILES string of the molecule is Cc1ccc(-c2cc(C(=O)N(C)C(c3ccccc3)c3ccccn3)c3cnn(C(C)C)c3n2)s1. The van der Waals surface area contributed by atoms with E-state index in [1.807, 2.05) is 66.3 Å². The second-order valence-electron chi connectivity index (χ2n) is 8.87. The Kier molecular flexibility index (Phi) is 6.17. The number of benzene rings is 1. The van der Waals surface area contributed by atoms with Crippen molar-refractivity contribution in [1.82, 2.24) is 24.6 Å². The summed E-state index contributed by atoms with van der Waals surface area (Å²) in [5, 5.41) is 5.32. The van der Waals surface area contributed by atoms with Crippen LogP contribution in [0, 0.1) is 6.92 Å². The van der Waals surface area contributed by atoms with Crippen LogP contribution in [0.25, 0.3) is 21.6 Å². The molecule has 4 aromatic heterocycles. The van der Waals surface area contributed by atoms with E-state index >= 15 is 0 Å². The quantitative estimate of drug-likeness (QED) is 0.285. The van der Waals surface area contributed by atoms with Crippen molar-refractivity contribution in [3.63, 3.8) is 0 Å². The van der Waals surface area contributed by atoms with Crippen LogP contribution in [0.3, 0.4) is 0 Å². The Hall–Kier alpha value is -3.84. The van der Waals surface area contributed by atoms with E-state index in [0.717, 1.165) is 32.9 Å². The molecule has 0 fully saturated rings. The van der Waals surface area contributed by atoms with E-state index < -0.39 is 0 Å². The van der Waals surface area contributed by atoms with Crippen molar-refractivity contribution >= 4 is 28.3 Å². The second kappa shape index (κ2) is 9.43. The number of aromatic nitrogens is 4. The van der Waals surface area contributed by atoms with Crippen molar-refractivity contribution in [2.45, 2.75) is 32.9 Å². The van der Waals surface area contributed by atoms with Gasteiger partial charge in [0.2, 0.25) is 0 Å². The smallest absolute Gasteiger partial charge is 0.255 e. The molecule has 6 nitrogen and oxygen atoms in total. The highest BCUT2D eigenvalue weighted by atomic mass is 32.1. The van der Waals surface area contributed by atoms with Gasteiger partial charge >= 0.3 is 0 Å². The number of thiophene rings is 1. The summed E-state index contributed by atoms with van der Waals surface area (Å²) >= 11 is 1.67. The van der Waals surface area contributed by atoms with Gasteiger partial charge in [0.05, 0.1) is 39.5 Å². The minimum absolute atomic E-state index is 0.102. The third-order valence-corrected chi connectivity index (χ3v) is 7.09. The number of hydrogen-bond acceptors (Lipinski definition) is 5. The fourth-order valence-corrected chi connectivity index (χ4v) is 5.17. The molecule has 0 bridgehead atoms. The maximum absolute atomic E-state index is 14.2. The summed E-state index contributed by atoms with van der Waals surface area (Å²) in [6.45, 7) is 6.20. The fraction of sp³-hybridized carbons (Fsp3) is 0.214. The van der Waals surface area contributed by atoms with E-state index in [9.17, 15) is 4.79 Å². The van der Waals surface area contributed by atoms with Gasteiger partial charge in [0, 0.05) is 24.2 Å². The van der Waals surface area contributed by atoms with Gasteiger partial charge in [-0.25, -0.2) is 9.67 Å². The number of carbonyl (C=O) groups excluding carboxylic acids is 1. The zero-order valence-corrected chi connectivity index (χ0v) is 21.0. The molecule has 0 spiro atoms. The van der Waals surface area contributed by atoms with Crippen LogP contribution in [-0.2, 0) is 0 Å². The fourth-order valence-electron chi connectivity index (χ4n) is 4.34. The Morgan fingerprint density at radius 1 is 1.03 bits per heavy atom. The number of pyridine rings is 2. The van der Waals surface area contributed by atoms with Crippen molar-refractivity contribution in [2.75, 3.05) is 7.05 Å². The molecule has 7 heteroatoms. The predicted molar refractivity (Wildman–Crippen MR) is 141 cm³/mol. The first kappa shape index (κ1) is 22.9. The van der Waals surface area contributed by atoms with Gasteiger partial charge in [-0.1, -0.05) is 36.4 Å². The summed E-state index contributed by atoms with van der Waals surface area (Å²) in [7, 11) is 1.84. The number of amides is 1. The zero-order chi connectivity index (χ0) is 24.5. The number of nitrogens with zero attached hydrogens (tertiary/aromatic N) is 5. The van der Waals surface area contributed by atoms with Crippen LogP contribution < -0.4 is 0 Å². The molecule has 0 saturated heterocycles. The van der Waals surface area contributed by atoms with E-state index in [1.54, 1.807) is 28.6 Å². The van der Waals surface area contributed by atoms with Gasteiger partial charge in [0.15, 0.2) is 5.65 Å². The lowest BCUT2D eigenvalue weighted by Gasteiger charge is -2.28. The lowest BCUT2D eigenvalue weighted by molar-refractivity contribution is 0.0754. The Morgan fingerprint density at radius 3 is 2.46 bits per heavy atom. The van der Waals surface area contributed by atoms with Gasteiger partial charge in [-0.3, -0.25) is 9.78 Å². The largest absolute Gasteiger partial charge is 0.329 e. The first-order valence-corrected chi connectivity index (χ1v) is 12.4. The molecule has 1 atom stereocenters. The molecular weight excluding hydrogens is 454 g/mol. The van der Waals surface area contributed by atoms with Gasteiger partial charge in [0.25, 0.3) is 5.91 Å². The highest BCUT2D eigenvalue weighted by molar-refractivity contribution is 7.15. The highest BCUT2D eigenvalue weighted by Crippen LogP contribution is 2.33. The molecule has 0 aliphatic carbocycles. The van der Waals surface area contributed by atoms with E-state index in [1.165, 1.54) is 4.88 Å². The Labute approximate surface area is 208 Å². The normalized spacial score (nSPS) is 12.3. The molecule has 0 aliphatic rings. The van der Waals surface area contributed by atoms with Crippen molar-refractivity contribution in [3.8, 4) is 10.6 Å². The van der Waals surface area contributed by atoms with Crippen molar-refractivity contribution in [2.24, 2.45) is 0 Å². The number of aryl methyl sites for hydroxylation is 1. The van der Waals surface area contributed by atoms with Crippen LogP contribution >= 0.6 is 11.3 Å². The first-order chi connectivity index (χ1) is 16.9. The maximum Gasteiger partial charge on any atom is 0.255 e. The minimum Gasteiger partial charge on any atom is -0.329 e. The van der Waals surface area contributed by atoms with Crippen LogP contribution in [0.5, 0.6) is 0 Å². The number of fused-ring (bicyclic) bond motifs is 1. The average molecular weight is 482 g/mol. The lowest BCUT2D eigenvalue weighted by Crippen LogP contribution is -2.32. The third kappa shape index (κ3) is 4.35. The molecule has 1 aromatic carbocycles. The van der Waals surface area contributed by atoms with Crippen molar-refractivity contribution < 1.29 is 4.79 Å². The van der Waals surface area contributed by atoms with Crippen LogP contribution in [0.15, 0.2) is 79.1 Å². The van der Waals surface area contributed by atoms with E-state index in [4.69, 9.17) is 4.98 Å². The Balaban J connectivity index is 1.66. The molecule has 0 radical (unpaired) electrons. The van der Waals surface area contributed by atoms with Crippen LogP contribution in [0.1, 0.15) is 52.4 Å². The summed E-state index contributed by atoms with van der Waals surface area (Å²) in [5.74, 6) is -0.102. The number of carbonyl (C=O) groups is 1. The highest BCUT2D eigenvalue weighted by Gasteiger charge is 2.28. The van der Waals surface area contributed by atoms with Gasteiger partial charge in [0.1, 0.15) is 0 Å². The standard InChI is InChI=1S/C28H27N5OS/c1-18(2)33-27-22(17-30-33)21(16-24(31-27)25-14-13-19(3)35-25)28(34)32(4)26(20-10-6-5-7-11-20)23-12-8-9-15-29-23/h5-18,26H,1-4H3. The molecule has 0 N–H and O–H groups in total. The second-order valence-corrected chi connectivity index (χ2v) is 10.2. The third-order valence-electron chi connectivity index (χ3n) is 6.07. The summed E-state index contributed by atoms with van der Waals surface area (Å²) in [6.07, 6.45) is 3.52. The van der Waals surface area contributed by atoms with Crippen molar-refractivity contribution in [3.05, 3.63) is 101 Å². The lowest BCUT2D eigenvalue weighted by atomic mass is 10.00. The monoisotopic (exact) mass is 481 g/mol. The summed E-state index contributed by atoms with van der Waals surface area (Å²) < 4.78 is 1.88. The Morgan fingerprint density at radius 2 is 1.80 bits per heavy atom. The van der Waals surface area contributed by atoms with Crippen LogP contribution in [0.4, 0.5) is 0 Å². The van der Waals surface area contributed by atoms with E-state index in [0.29, 0.717) is 5.56 Å². The number of hydrogen-bond donors (Lipinski definition) is 0. The molecule has 4 heterocycles. The summed E-state index contributed by atoms with van der Waals surface area (Å²) in [6, 6.07) is 21.6. The van der Waals surface area contributed by atoms with E-state index in [2.05, 4.69) is 43.0 Å².